The fraction of sp³-hybridized carbons (Fsp3) is 0.929. The molecule has 4 heteroatoms. The predicted octanol–water partition coefficient (Wildman–Crippen LogP) is 2.24. The molecule has 0 aromatic rings. The van der Waals surface area contributed by atoms with Crippen molar-refractivity contribution in [1.29, 1.82) is 0 Å². The van der Waals surface area contributed by atoms with Crippen molar-refractivity contribution in [3.63, 3.8) is 0 Å². The van der Waals surface area contributed by atoms with Crippen LogP contribution in [0, 0.1) is 5.92 Å². The second-order valence-corrected chi connectivity index (χ2v) is 5.44. The molecule has 1 fully saturated rings. The summed E-state index contributed by atoms with van der Waals surface area (Å²) in [5.74, 6) is 1.40. The van der Waals surface area contributed by atoms with Gasteiger partial charge in [-0.3, -0.25) is 4.99 Å². The van der Waals surface area contributed by atoms with Gasteiger partial charge in [-0.25, -0.2) is 0 Å². The molecule has 18 heavy (non-hydrogen) atoms. The summed E-state index contributed by atoms with van der Waals surface area (Å²) in [7, 11) is 0. The highest BCUT2D eigenvalue weighted by Gasteiger charge is 2.10. The normalized spacial score (nSPS) is 18.2. The van der Waals surface area contributed by atoms with Crippen LogP contribution in [-0.4, -0.2) is 43.7 Å². The first kappa shape index (κ1) is 15.3. The Morgan fingerprint density at radius 3 is 2.44 bits per heavy atom. The highest BCUT2D eigenvalue weighted by atomic mass is 16.5. The number of nitrogens with zero attached hydrogens (tertiary/aromatic N) is 2. The number of aliphatic imine (C=N–C) groups is 1. The van der Waals surface area contributed by atoms with Crippen LogP contribution in [0.2, 0.25) is 0 Å². The molecule has 0 amide bonds. The fourth-order valence-electron chi connectivity index (χ4n) is 2.05. The Kier molecular flexibility index (Phi) is 7.81. The van der Waals surface area contributed by atoms with E-state index in [0.717, 1.165) is 26.1 Å². The van der Waals surface area contributed by atoms with E-state index in [9.17, 15) is 0 Å². The standard InChI is InChI=1S/C14H29N3O/c1-13(2)7-11-18-12-8-16-14(15)17-9-5-3-4-6-10-17/h13H,3-12H2,1-2H3,(H2,15,16). The average Bonchev–Trinajstić information content (AvgIpc) is 2.61. The van der Waals surface area contributed by atoms with Crippen LogP contribution in [0.1, 0.15) is 46.0 Å². The van der Waals surface area contributed by atoms with Gasteiger partial charge in [-0.15, -0.1) is 0 Å². The lowest BCUT2D eigenvalue weighted by Gasteiger charge is -2.21. The minimum atomic E-state index is 0.681. The number of nitrogens with two attached hydrogens (primary N) is 1. The van der Waals surface area contributed by atoms with Crippen LogP contribution in [-0.2, 0) is 4.74 Å². The SMILES string of the molecule is CC(C)CCOCCN=C(N)N1CCCCCC1. The van der Waals surface area contributed by atoms with Crippen LogP contribution in [0.3, 0.4) is 0 Å². The van der Waals surface area contributed by atoms with Gasteiger partial charge in [0.25, 0.3) is 0 Å². The second kappa shape index (κ2) is 9.20. The van der Waals surface area contributed by atoms with Crippen molar-refractivity contribution < 1.29 is 4.74 Å². The van der Waals surface area contributed by atoms with Crippen molar-refractivity contribution in [2.24, 2.45) is 16.6 Å². The van der Waals surface area contributed by atoms with Crippen LogP contribution in [0.25, 0.3) is 0 Å². The first-order chi connectivity index (χ1) is 8.70. The third-order valence-electron chi connectivity index (χ3n) is 3.28. The topological polar surface area (TPSA) is 50.9 Å². The van der Waals surface area contributed by atoms with E-state index in [2.05, 4.69) is 23.7 Å². The van der Waals surface area contributed by atoms with Crippen molar-refractivity contribution in [1.82, 2.24) is 4.90 Å². The van der Waals surface area contributed by atoms with E-state index in [4.69, 9.17) is 10.5 Å². The van der Waals surface area contributed by atoms with E-state index in [1.54, 1.807) is 0 Å². The molecule has 0 radical (unpaired) electrons. The Morgan fingerprint density at radius 1 is 1.17 bits per heavy atom. The van der Waals surface area contributed by atoms with Crippen molar-refractivity contribution in [3.8, 4) is 0 Å². The zero-order valence-corrected chi connectivity index (χ0v) is 12.0. The maximum atomic E-state index is 6.00. The minimum absolute atomic E-state index is 0.681. The Bertz CT molecular complexity index is 233. The summed E-state index contributed by atoms with van der Waals surface area (Å²) in [6.07, 6.45) is 6.23. The highest BCUT2D eigenvalue weighted by molar-refractivity contribution is 5.78. The van der Waals surface area contributed by atoms with E-state index >= 15 is 0 Å². The number of guanidine groups is 1. The highest BCUT2D eigenvalue weighted by Crippen LogP contribution is 2.08. The first-order valence-corrected chi connectivity index (χ1v) is 7.32. The molecule has 1 heterocycles. The molecule has 0 aromatic heterocycles. The van der Waals surface area contributed by atoms with Gasteiger partial charge in [0.2, 0.25) is 0 Å². The summed E-state index contributed by atoms with van der Waals surface area (Å²) in [6, 6.07) is 0. The minimum Gasteiger partial charge on any atom is -0.380 e. The van der Waals surface area contributed by atoms with Gasteiger partial charge >= 0.3 is 0 Å². The Morgan fingerprint density at radius 2 is 1.83 bits per heavy atom. The summed E-state index contributed by atoms with van der Waals surface area (Å²) in [4.78, 5) is 6.61. The van der Waals surface area contributed by atoms with Gasteiger partial charge in [-0.05, 0) is 25.2 Å². The van der Waals surface area contributed by atoms with Gasteiger partial charge in [0.05, 0.1) is 13.2 Å². The van der Waals surface area contributed by atoms with Crippen LogP contribution in [0.5, 0.6) is 0 Å². The monoisotopic (exact) mass is 255 g/mol. The summed E-state index contributed by atoms with van der Waals surface area (Å²) in [5.41, 5.74) is 6.00. The lowest BCUT2D eigenvalue weighted by atomic mass is 10.1. The maximum Gasteiger partial charge on any atom is 0.191 e. The molecule has 0 saturated carbocycles. The van der Waals surface area contributed by atoms with E-state index in [-0.39, 0.29) is 0 Å². The fourth-order valence-corrected chi connectivity index (χ4v) is 2.05. The van der Waals surface area contributed by atoms with Gasteiger partial charge in [-0.2, -0.15) is 0 Å². The van der Waals surface area contributed by atoms with Crippen LogP contribution in [0.4, 0.5) is 0 Å². The summed E-state index contributed by atoms with van der Waals surface area (Å²) >= 11 is 0. The number of hydrogen-bond donors (Lipinski definition) is 1. The van der Waals surface area contributed by atoms with Crippen molar-refractivity contribution in [3.05, 3.63) is 0 Å². The van der Waals surface area contributed by atoms with Crippen LogP contribution < -0.4 is 5.73 Å². The second-order valence-electron chi connectivity index (χ2n) is 5.44. The molecular weight excluding hydrogens is 226 g/mol. The molecular formula is C14H29N3O. The summed E-state index contributed by atoms with van der Waals surface area (Å²) in [6.45, 7) is 8.73. The number of rotatable bonds is 6. The molecule has 106 valence electrons. The quantitative estimate of drug-likeness (QED) is 0.450. The van der Waals surface area contributed by atoms with Gasteiger partial charge in [0, 0.05) is 19.7 Å². The largest absolute Gasteiger partial charge is 0.380 e. The molecule has 1 saturated heterocycles. The van der Waals surface area contributed by atoms with Crippen molar-refractivity contribution in [2.45, 2.75) is 46.0 Å². The number of ether oxygens (including phenoxy) is 1. The molecule has 0 spiro atoms. The zero-order chi connectivity index (χ0) is 13.2. The maximum absolute atomic E-state index is 6.00. The molecule has 1 rings (SSSR count). The first-order valence-electron chi connectivity index (χ1n) is 7.32. The van der Waals surface area contributed by atoms with Gasteiger partial charge < -0.3 is 15.4 Å². The summed E-state index contributed by atoms with van der Waals surface area (Å²) < 4.78 is 5.53. The van der Waals surface area contributed by atoms with E-state index in [1.807, 2.05) is 0 Å². The van der Waals surface area contributed by atoms with Crippen molar-refractivity contribution in [2.75, 3.05) is 32.8 Å². The van der Waals surface area contributed by atoms with Crippen LogP contribution >= 0.6 is 0 Å². The Labute approximate surface area is 112 Å². The molecule has 1 aliphatic rings. The third kappa shape index (κ3) is 6.84. The predicted molar refractivity (Wildman–Crippen MR) is 76.8 cm³/mol. The van der Waals surface area contributed by atoms with Gasteiger partial charge in [-0.1, -0.05) is 26.7 Å². The van der Waals surface area contributed by atoms with Gasteiger partial charge in [0.15, 0.2) is 5.96 Å². The van der Waals surface area contributed by atoms with E-state index in [0.29, 0.717) is 25.0 Å². The van der Waals surface area contributed by atoms with E-state index in [1.165, 1.54) is 25.7 Å². The smallest absolute Gasteiger partial charge is 0.191 e. The molecule has 1 aliphatic heterocycles. The lowest BCUT2D eigenvalue weighted by Crippen LogP contribution is -2.38. The Balaban J connectivity index is 2.12. The number of hydrogen-bond acceptors (Lipinski definition) is 2. The van der Waals surface area contributed by atoms with E-state index < -0.39 is 0 Å². The molecule has 0 bridgehead atoms. The van der Waals surface area contributed by atoms with Crippen LogP contribution in [0.15, 0.2) is 4.99 Å². The lowest BCUT2D eigenvalue weighted by molar-refractivity contribution is 0.130. The molecule has 4 nitrogen and oxygen atoms in total. The molecule has 2 N–H and O–H groups in total. The molecule has 0 atom stereocenters. The van der Waals surface area contributed by atoms with Gasteiger partial charge in [0.1, 0.15) is 0 Å². The third-order valence-corrected chi connectivity index (χ3v) is 3.28. The molecule has 0 aliphatic carbocycles. The molecule has 0 aromatic carbocycles. The summed E-state index contributed by atoms with van der Waals surface area (Å²) in [5, 5.41) is 0. The zero-order valence-electron chi connectivity index (χ0n) is 12.0. The van der Waals surface area contributed by atoms with Crippen molar-refractivity contribution >= 4 is 5.96 Å². The molecule has 0 unspecified atom stereocenters. The average molecular weight is 255 g/mol. The Hall–Kier alpha value is -0.770. The number of likely N-dealkylation sites (tertiary alicyclic amines) is 1.